The second-order valence-corrected chi connectivity index (χ2v) is 8.04. The minimum absolute atomic E-state index is 0.0255. The van der Waals surface area contributed by atoms with Crippen LogP contribution in [0.25, 0.3) is 0 Å². The van der Waals surface area contributed by atoms with E-state index >= 15 is 0 Å². The Bertz CT molecular complexity index is 514. The molecule has 3 aliphatic rings. The van der Waals surface area contributed by atoms with E-state index in [1.54, 1.807) is 12.7 Å². The second kappa shape index (κ2) is 5.86. The van der Waals surface area contributed by atoms with Gasteiger partial charge in [-0.2, -0.15) is 0 Å². The highest BCUT2D eigenvalue weighted by Gasteiger charge is 2.52. The number of carbonyl (C=O) groups excluding carboxylic acids is 1. The number of hydrogen-bond acceptors (Lipinski definition) is 2. The molecule has 0 aromatic carbocycles. The Morgan fingerprint density at radius 2 is 2.14 bits per heavy atom. The molecule has 0 aromatic rings. The van der Waals surface area contributed by atoms with Crippen LogP contribution >= 0.6 is 0 Å². The highest BCUT2D eigenvalue weighted by atomic mass is 16.5. The maximum atomic E-state index is 12.2. The van der Waals surface area contributed by atoms with E-state index in [1.165, 1.54) is 24.8 Å². The van der Waals surface area contributed by atoms with Gasteiger partial charge < -0.3 is 4.74 Å². The van der Waals surface area contributed by atoms with Crippen molar-refractivity contribution in [1.82, 2.24) is 0 Å². The normalized spacial score (nSPS) is 37.8. The third-order valence-electron chi connectivity index (χ3n) is 6.66. The molecule has 2 heteroatoms. The third-order valence-corrected chi connectivity index (χ3v) is 6.66. The molecule has 4 atom stereocenters. The minimum Gasteiger partial charge on any atom is -0.469 e. The first-order valence-corrected chi connectivity index (χ1v) is 8.95. The first-order chi connectivity index (χ1) is 10.5. The number of fused-ring (bicyclic) bond motifs is 3. The van der Waals surface area contributed by atoms with Crippen LogP contribution in [0.15, 0.2) is 23.3 Å². The molecule has 0 bridgehead atoms. The standard InChI is InChI=1S/C20H30O2/c1-13(2)14-7-9-17-15(12-14)8-10-18-16(19(21)22-4)6-5-11-20(17,18)3/h7,12-13,16-18H,5-6,8-11H2,1-4H3/t16-,17-,18?,20-/m1/s1. The van der Waals surface area contributed by atoms with Gasteiger partial charge in [0.15, 0.2) is 0 Å². The second-order valence-electron chi connectivity index (χ2n) is 8.04. The van der Waals surface area contributed by atoms with Crippen LogP contribution < -0.4 is 0 Å². The van der Waals surface area contributed by atoms with Gasteiger partial charge in [-0.05, 0) is 60.8 Å². The maximum absolute atomic E-state index is 12.2. The summed E-state index contributed by atoms with van der Waals surface area (Å²) in [5.41, 5.74) is 3.43. The van der Waals surface area contributed by atoms with Crippen LogP contribution in [0.5, 0.6) is 0 Å². The minimum atomic E-state index is 0.0255. The predicted octanol–water partition coefficient (Wildman–Crippen LogP) is 4.90. The summed E-state index contributed by atoms with van der Waals surface area (Å²) in [6.45, 7) is 7.01. The van der Waals surface area contributed by atoms with Gasteiger partial charge in [-0.15, -0.1) is 0 Å². The molecular formula is C20H30O2. The molecule has 0 aromatic heterocycles. The monoisotopic (exact) mass is 302 g/mol. The Hall–Kier alpha value is -1.05. The van der Waals surface area contributed by atoms with E-state index in [2.05, 4.69) is 32.9 Å². The first kappa shape index (κ1) is 15.8. The molecule has 22 heavy (non-hydrogen) atoms. The summed E-state index contributed by atoms with van der Waals surface area (Å²) >= 11 is 0. The number of hydrogen-bond donors (Lipinski definition) is 0. The van der Waals surface area contributed by atoms with Crippen LogP contribution in [-0.2, 0) is 9.53 Å². The number of carbonyl (C=O) groups is 1. The van der Waals surface area contributed by atoms with Crippen molar-refractivity contribution in [1.29, 1.82) is 0 Å². The van der Waals surface area contributed by atoms with Crippen LogP contribution in [0.1, 0.15) is 59.3 Å². The van der Waals surface area contributed by atoms with Gasteiger partial charge in [-0.3, -0.25) is 4.79 Å². The fourth-order valence-electron chi connectivity index (χ4n) is 5.39. The Morgan fingerprint density at radius 3 is 2.82 bits per heavy atom. The van der Waals surface area contributed by atoms with Crippen LogP contribution in [0, 0.1) is 29.1 Å². The van der Waals surface area contributed by atoms with E-state index in [-0.39, 0.29) is 17.3 Å². The molecule has 0 aliphatic heterocycles. The van der Waals surface area contributed by atoms with Gasteiger partial charge >= 0.3 is 5.97 Å². The molecule has 0 N–H and O–H groups in total. The number of rotatable bonds is 2. The first-order valence-electron chi connectivity index (χ1n) is 8.95. The topological polar surface area (TPSA) is 26.3 Å². The van der Waals surface area contributed by atoms with Crippen molar-refractivity contribution >= 4 is 5.97 Å². The lowest BCUT2D eigenvalue weighted by Crippen LogP contribution is -2.48. The molecule has 2 saturated carbocycles. The number of methoxy groups -OCH3 is 1. The van der Waals surface area contributed by atoms with Crippen molar-refractivity contribution in [3.8, 4) is 0 Å². The summed E-state index contributed by atoms with van der Waals surface area (Å²) in [6, 6.07) is 0. The van der Waals surface area contributed by atoms with E-state index in [0.29, 0.717) is 17.8 Å². The SMILES string of the molecule is COC(=O)[C@@H]1CCC[C@@]2(C)C1CCC1=CC(C(C)C)=CC[C@H]12. The molecule has 122 valence electrons. The smallest absolute Gasteiger partial charge is 0.308 e. The molecule has 2 fully saturated rings. The van der Waals surface area contributed by atoms with Crippen LogP contribution in [0.4, 0.5) is 0 Å². The van der Waals surface area contributed by atoms with Gasteiger partial charge in [0.1, 0.15) is 0 Å². The van der Waals surface area contributed by atoms with Crippen molar-refractivity contribution in [2.45, 2.75) is 59.3 Å². The molecule has 0 heterocycles. The molecule has 0 spiro atoms. The number of esters is 1. The summed E-state index contributed by atoms with van der Waals surface area (Å²) in [5, 5.41) is 0. The predicted molar refractivity (Wildman–Crippen MR) is 89.3 cm³/mol. The van der Waals surface area contributed by atoms with Crippen molar-refractivity contribution in [3.05, 3.63) is 23.3 Å². The zero-order valence-electron chi connectivity index (χ0n) is 14.5. The van der Waals surface area contributed by atoms with E-state index in [0.717, 1.165) is 19.3 Å². The van der Waals surface area contributed by atoms with Crippen LogP contribution in [0.3, 0.4) is 0 Å². The van der Waals surface area contributed by atoms with Gasteiger partial charge in [0, 0.05) is 0 Å². The number of allylic oxidation sites excluding steroid dienone is 4. The van der Waals surface area contributed by atoms with Crippen molar-refractivity contribution in [2.24, 2.45) is 29.1 Å². The summed E-state index contributed by atoms with van der Waals surface area (Å²) in [4.78, 5) is 12.2. The molecule has 1 unspecified atom stereocenters. The molecular weight excluding hydrogens is 272 g/mol. The average Bonchev–Trinajstić information content (AvgIpc) is 2.52. The Labute approximate surface area is 135 Å². The Kier molecular flexibility index (Phi) is 4.22. The van der Waals surface area contributed by atoms with E-state index < -0.39 is 0 Å². The molecule has 0 amide bonds. The maximum Gasteiger partial charge on any atom is 0.308 e. The van der Waals surface area contributed by atoms with Crippen LogP contribution in [-0.4, -0.2) is 13.1 Å². The highest BCUT2D eigenvalue weighted by molar-refractivity contribution is 5.73. The molecule has 3 rings (SSSR count). The Morgan fingerprint density at radius 1 is 1.36 bits per heavy atom. The van der Waals surface area contributed by atoms with Gasteiger partial charge in [-0.25, -0.2) is 0 Å². The molecule has 2 nitrogen and oxygen atoms in total. The van der Waals surface area contributed by atoms with Crippen molar-refractivity contribution in [3.63, 3.8) is 0 Å². The number of ether oxygens (including phenoxy) is 1. The van der Waals surface area contributed by atoms with Crippen molar-refractivity contribution in [2.75, 3.05) is 7.11 Å². The fraction of sp³-hybridized carbons (Fsp3) is 0.750. The summed E-state index contributed by atoms with van der Waals surface area (Å²) in [6.07, 6.45) is 11.9. The zero-order chi connectivity index (χ0) is 15.9. The van der Waals surface area contributed by atoms with Crippen molar-refractivity contribution < 1.29 is 9.53 Å². The van der Waals surface area contributed by atoms with Gasteiger partial charge in [-0.1, -0.05) is 44.9 Å². The van der Waals surface area contributed by atoms with Gasteiger partial charge in [0.05, 0.1) is 13.0 Å². The van der Waals surface area contributed by atoms with Gasteiger partial charge in [0.2, 0.25) is 0 Å². The van der Waals surface area contributed by atoms with Gasteiger partial charge in [0.25, 0.3) is 0 Å². The highest BCUT2D eigenvalue weighted by Crippen LogP contribution is 2.59. The molecule has 0 radical (unpaired) electrons. The summed E-state index contributed by atoms with van der Waals surface area (Å²) in [7, 11) is 1.54. The fourth-order valence-corrected chi connectivity index (χ4v) is 5.39. The van der Waals surface area contributed by atoms with E-state index in [4.69, 9.17) is 4.74 Å². The molecule has 0 saturated heterocycles. The lowest BCUT2D eigenvalue weighted by atomic mass is 9.50. The van der Waals surface area contributed by atoms with E-state index in [1.807, 2.05) is 0 Å². The zero-order valence-corrected chi connectivity index (χ0v) is 14.5. The Balaban J connectivity index is 1.88. The van der Waals surface area contributed by atoms with E-state index in [9.17, 15) is 4.79 Å². The average molecular weight is 302 g/mol. The lowest BCUT2D eigenvalue weighted by molar-refractivity contribution is -0.154. The quantitative estimate of drug-likeness (QED) is 0.678. The van der Waals surface area contributed by atoms with Crippen LogP contribution in [0.2, 0.25) is 0 Å². The largest absolute Gasteiger partial charge is 0.469 e. The molecule has 3 aliphatic carbocycles. The third kappa shape index (κ3) is 2.45. The lowest BCUT2D eigenvalue weighted by Gasteiger charge is -2.54. The summed E-state index contributed by atoms with van der Waals surface area (Å²) in [5.74, 6) is 1.91. The summed E-state index contributed by atoms with van der Waals surface area (Å²) < 4.78 is 5.10.